The van der Waals surface area contributed by atoms with Crippen LogP contribution in [0.2, 0.25) is 0 Å². The molecule has 0 radical (unpaired) electrons. The monoisotopic (exact) mass is 283 g/mol. The lowest BCUT2D eigenvalue weighted by Gasteiger charge is -2.08. The third kappa shape index (κ3) is 3.91. The summed E-state index contributed by atoms with van der Waals surface area (Å²) in [6, 6.07) is 9.50. The smallest absolute Gasteiger partial charge is 0.194 e. The highest BCUT2D eigenvalue weighted by atomic mass is 16.5. The summed E-state index contributed by atoms with van der Waals surface area (Å²) in [5, 5.41) is 0. The molecule has 21 heavy (non-hydrogen) atoms. The molecule has 0 amide bonds. The number of carbonyl (C=O) groups is 1. The Morgan fingerprint density at radius 3 is 2.48 bits per heavy atom. The number of hydrogen-bond donors (Lipinski definition) is 0. The number of nitrogens with zero attached hydrogens (tertiary/aromatic N) is 1. The first-order chi connectivity index (χ1) is 10.1. The minimum atomic E-state index is -0.0280. The maximum absolute atomic E-state index is 12.5. The zero-order chi connectivity index (χ0) is 15.2. The first-order valence-electron chi connectivity index (χ1n) is 7.34. The second-order valence-corrected chi connectivity index (χ2v) is 5.36. The normalized spacial score (nSPS) is 10.7. The first kappa shape index (κ1) is 15.2. The van der Waals surface area contributed by atoms with Crippen molar-refractivity contribution in [3.63, 3.8) is 0 Å². The number of pyridine rings is 1. The largest absolute Gasteiger partial charge is 0.492 e. The number of ketones is 1. The maximum Gasteiger partial charge on any atom is 0.194 e. The number of rotatable bonds is 6. The highest BCUT2D eigenvalue weighted by Gasteiger charge is 2.11. The lowest BCUT2D eigenvalue weighted by atomic mass is 9.99. The molecule has 0 saturated carbocycles. The van der Waals surface area contributed by atoms with E-state index >= 15 is 0 Å². The number of hydrogen-bond acceptors (Lipinski definition) is 3. The van der Waals surface area contributed by atoms with E-state index in [0.717, 1.165) is 6.42 Å². The summed E-state index contributed by atoms with van der Waals surface area (Å²) in [4.78, 5) is 16.5. The standard InChI is InChI=1S/C18H21NO2/c1-4-9-21-17-10-16(11-19-12-17)18(20)15-7-5-14(6-8-15)13(2)3/h5-8,10-13H,4,9H2,1-3H3. The van der Waals surface area contributed by atoms with Crippen LogP contribution in [-0.4, -0.2) is 17.4 Å². The van der Waals surface area contributed by atoms with Crippen molar-refractivity contribution in [2.24, 2.45) is 0 Å². The second kappa shape index (κ2) is 7.02. The summed E-state index contributed by atoms with van der Waals surface area (Å²) in [7, 11) is 0. The van der Waals surface area contributed by atoms with Crippen molar-refractivity contribution in [3.8, 4) is 5.75 Å². The van der Waals surface area contributed by atoms with Gasteiger partial charge in [-0.2, -0.15) is 0 Å². The van der Waals surface area contributed by atoms with Crippen molar-refractivity contribution in [3.05, 3.63) is 59.4 Å². The van der Waals surface area contributed by atoms with Gasteiger partial charge in [0.2, 0.25) is 0 Å². The van der Waals surface area contributed by atoms with Crippen molar-refractivity contribution in [1.29, 1.82) is 0 Å². The van der Waals surface area contributed by atoms with Gasteiger partial charge >= 0.3 is 0 Å². The maximum atomic E-state index is 12.5. The van der Waals surface area contributed by atoms with Crippen molar-refractivity contribution in [1.82, 2.24) is 4.98 Å². The second-order valence-electron chi connectivity index (χ2n) is 5.36. The molecule has 3 heteroatoms. The quantitative estimate of drug-likeness (QED) is 0.745. The van der Waals surface area contributed by atoms with E-state index in [-0.39, 0.29) is 5.78 Å². The summed E-state index contributed by atoms with van der Waals surface area (Å²) in [5.41, 5.74) is 2.46. The molecule has 0 bridgehead atoms. The van der Waals surface area contributed by atoms with Gasteiger partial charge in [-0.3, -0.25) is 9.78 Å². The molecule has 0 aliphatic heterocycles. The zero-order valence-electron chi connectivity index (χ0n) is 12.8. The van der Waals surface area contributed by atoms with Crippen LogP contribution in [0.5, 0.6) is 5.75 Å². The van der Waals surface area contributed by atoms with Gasteiger partial charge in [-0.15, -0.1) is 0 Å². The topological polar surface area (TPSA) is 39.2 Å². The summed E-state index contributed by atoms with van der Waals surface area (Å²) in [5.74, 6) is 1.07. The molecule has 2 aromatic rings. The van der Waals surface area contributed by atoms with Gasteiger partial charge in [-0.25, -0.2) is 0 Å². The Balaban J connectivity index is 2.19. The number of carbonyl (C=O) groups excluding carboxylic acids is 1. The van der Waals surface area contributed by atoms with Crippen LogP contribution in [-0.2, 0) is 0 Å². The molecule has 0 spiro atoms. The molecule has 0 aliphatic rings. The lowest BCUT2D eigenvalue weighted by Crippen LogP contribution is -2.04. The molecular formula is C18H21NO2. The third-order valence-corrected chi connectivity index (χ3v) is 3.29. The van der Waals surface area contributed by atoms with Gasteiger partial charge < -0.3 is 4.74 Å². The van der Waals surface area contributed by atoms with Crippen LogP contribution >= 0.6 is 0 Å². The molecular weight excluding hydrogens is 262 g/mol. The molecule has 0 saturated heterocycles. The Labute approximate surface area is 126 Å². The van der Waals surface area contributed by atoms with E-state index in [9.17, 15) is 4.79 Å². The van der Waals surface area contributed by atoms with Crippen LogP contribution in [0.15, 0.2) is 42.7 Å². The molecule has 110 valence electrons. The molecule has 2 rings (SSSR count). The van der Waals surface area contributed by atoms with Crippen LogP contribution < -0.4 is 4.74 Å². The van der Waals surface area contributed by atoms with Crippen LogP contribution in [0.25, 0.3) is 0 Å². The summed E-state index contributed by atoms with van der Waals surface area (Å²) < 4.78 is 5.52. The Kier molecular flexibility index (Phi) is 5.09. The highest BCUT2D eigenvalue weighted by Crippen LogP contribution is 2.18. The fourth-order valence-corrected chi connectivity index (χ4v) is 2.03. The lowest BCUT2D eigenvalue weighted by molar-refractivity contribution is 0.103. The van der Waals surface area contributed by atoms with Gasteiger partial charge in [0.05, 0.1) is 12.8 Å². The van der Waals surface area contributed by atoms with Gasteiger partial charge in [0.1, 0.15) is 5.75 Å². The van der Waals surface area contributed by atoms with E-state index in [0.29, 0.717) is 29.4 Å². The summed E-state index contributed by atoms with van der Waals surface area (Å²) >= 11 is 0. The van der Waals surface area contributed by atoms with Crippen molar-refractivity contribution < 1.29 is 9.53 Å². The average Bonchev–Trinajstić information content (AvgIpc) is 2.52. The van der Waals surface area contributed by atoms with E-state index in [2.05, 4.69) is 18.8 Å². The van der Waals surface area contributed by atoms with E-state index in [1.165, 1.54) is 5.56 Å². The molecule has 3 nitrogen and oxygen atoms in total. The molecule has 0 fully saturated rings. The van der Waals surface area contributed by atoms with Gasteiger partial charge in [-0.1, -0.05) is 45.0 Å². The SMILES string of the molecule is CCCOc1cncc(C(=O)c2ccc(C(C)C)cc2)c1. The van der Waals surface area contributed by atoms with Crippen LogP contribution in [0.1, 0.15) is 54.6 Å². The third-order valence-electron chi connectivity index (χ3n) is 3.29. The van der Waals surface area contributed by atoms with E-state index < -0.39 is 0 Å². The van der Waals surface area contributed by atoms with E-state index in [1.807, 2.05) is 31.2 Å². The van der Waals surface area contributed by atoms with Gasteiger partial charge in [-0.05, 0) is 24.0 Å². The molecule has 1 heterocycles. The number of ether oxygens (including phenoxy) is 1. The van der Waals surface area contributed by atoms with Crippen molar-refractivity contribution >= 4 is 5.78 Å². The van der Waals surface area contributed by atoms with Crippen LogP contribution in [0, 0.1) is 0 Å². The van der Waals surface area contributed by atoms with Gasteiger partial charge in [0, 0.05) is 17.3 Å². The summed E-state index contributed by atoms with van der Waals surface area (Å²) in [6.07, 6.45) is 4.14. The molecule has 1 aromatic heterocycles. The van der Waals surface area contributed by atoms with E-state index in [4.69, 9.17) is 4.74 Å². The minimum Gasteiger partial charge on any atom is -0.492 e. The Bertz CT molecular complexity index is 603. The van der Waals surface area contributed by atoms with Crippen molar-refractivity contribution in [2.45, 2.75) is 33.1 Å². The molecule has 0 N–H and O–H groups in total. The predicted octanol–water partition coefficient (Wildman–Crippen LogP) is 4.22. The summed E-state index contributed by atoms with van der Waals surface area (Å²) in [6.45, 7) is 6.94. The van der Waals surface area contributed by atoms with Crippen LogP contribution in [0.4, 0.5) is 0 Å². The fourth-order valence-electron chi connectivity index (χ4n) is 2.03. The molecule has 0 unspecified atom stereocenters. The first-order valence-corrected chi connectivity index (χ1v) is 7.34. The predicted molar refractivity (Wildman–Crippen MR) is 84.0 cm³/mol. The molecule has 0 aliphatic carbocycles. The Morgan fingerprint density at radius 2 is 1.86 bits per heavy atom. The number of aromatic nitrogens is 1. The highest BCUT2D eigenvalue weighted by molar-refractivity contribution is 6.09. The van der Waals surface area contributed by atoms with Gasteiger partial charge in [0.15, 0.2) is 5.78 Å². The van der Waals surface area contributed by atoms with Crippen LogP contribution in [0.3, 0.4) is 0 Å². The zero-order valence-corrected chi connectivity index (χ0v) is 12.8. The molecule has 0 atom stereocenters. The Morgan fingerprint density at radius 1 is 1.14 bits per heavy atom. The number of benzene rings is 1. The van der Waals surface area contributed by atoms with Gasteiger partial charge in [0.25, 0.3) is 0 Å². The molecule has 1 aromatic carbocycles. The average molecular weight is 283 g/mol. The fraction of sp³-hybridized carbons (Fsp3) is 0.333. The Hall–Kier alpha value is -2.16. The van der Waals surface area contributed by atoms with E-state index in [1.54, 1.807) is 18.5 Å². The minimum absolute atomic E-state index is 0.0280. The van der Waals surface area contributed by atoms with Crippen molar-refractivity contribution in [2.75, 3.05) is 6.61 Å².